The molecule has 1 aromatic carbocycles. The molecule has 2 N–H and O–H groups in total. The number of aliphatic hydroxyl groups excluding tert-OH is 1. The minimum atomic E-state index is -0.180. The van der Waals surface area contributed by atoms with E-state index in [1.165, 1.54) is 6.33 Å². The van der Waals surface area contributed by atoms with Crippen LogP contribution in [0.1, 0.15) is 0 Å². The Morgan fingerprint density at radius 1 is 1.12 bits per heavy atom. The SMILES string of the molecule is O=c1[nH]cnc2ccc(-c3cn(CCO)nc3-c3ccncc3)cc12. The van der Waals surface area contributed by atoms with E-state index in [4.69, 9.17) is 0 Å². The van der Waals surface area contributed by atoms with Gasteiger partial charge in [0.2, 0.25) is 0 Å². The lowest BCUT2D eigenvalue weighted by molar-refractivity contribution is 0.269. The first kappa shape index (κ1) is 15.2. The van der Waals surface area contributed by atoms with Gasteiger partial charge in [-0.05, 0) is 29.8 Å². The Morgan fingerprint density at radius 3 is 2.76 bits per heavy atom. The molecule has 0 radical (unpaired) electrons. The maximum absolute atomic E-state index is 12.1. The zero-order chi connectivity index (χ0) is 17.2. The van der Waals surface area contributed by atoms with Crippen LogP contribution in [0.5, 0.6) is 0 Å². The molecule has 7 heteroatoms. The van der Waals surface area contributed by atoms with Gasteiger partial charge < -0.3 is 10.1 Å². The minimum Gasteiger partial charge on any atom is -0.394 e. The molecule has 0 bridgehead atoms. The van der Waals surface area contributed by atoms with Crippen LogP contribution >= 0.6 is 0 Å². The summed E-state index contributed by atoms with van der Waals surface area (Å²) in [6.45, 7) is 0.395. The van der Waals surface area contributed by atoms with Gasteiger partial charge in [-0.1, -0.05) is 6.07 Å². The van der Waals surface area contributed by atoms with Crippen molar-refractivity contribution in [3.05, 3.63) is 65.6 Å². The molecule has 0 aliphatic rings. The summed E-state index contributed by atoms with van der Waals surface area (Å²) in [6, 6.07) is 9.31. The van der Waals surface area contributed by atoms with Crippen molar-refractivity contribution < 1.29 is 5.11 Å². The first-order valence-electron chi connectivity index (χ1n) is 7.83. The highest BCUT2D eigenvalue weighted by atomic mass is 16.3. The summed E-state index contributed by atoms with van der Waals surface area (Å²) in [5, 5.41) is 14.3. The summed E-state index contributed by atoms with van der Waals surface area (Å²) in [4.78, 5) is 22.9. The number of aliphatic hydroxyl groups is 1. The molecule has 0 aliphatic carbocycles. The van der Waals surface area contributed by atoms with E-state index >= 15 is 0 Å². The molecule has 4 aromatic rings. The van der Waals surface area contributed by atoms with E-state index in [1.807, 2.05) is 36.5 Å². The zero-order valence-electron chi connectivity index (χ0n) is 13.3. The van der Waals surface area contributed by atoms with Crippen molar-refractivity contribution in [1.82, 2.24) is 24.7 Å². The van der Waals surface area contributed by atoms with Gasteiger partial charge in [0, 0.05) is 29.7 Å². The number of benzene rings is 1. The lowest BCUT2D eigenvalue weighted by atomic mass is 10.0. The maximum Gasteiger partial charge on any atom is 0.258 e. The van der Waals surface area contributed by atoms with E-state index in [2.05, 4.69) is 20.1 Å². The van der Waals surface area contributed by atoms with Crippen LogP contribution < -0.4 is 5.56 Å². The fourth-order valence-electron chi connectivity index (χ4n) is 2.81. The zero-order valence-corrected chi connectivity index (χ0v) is 13.3. The Kier molecular flexibility index (Phi) is 3.83. The smallest absolute Gasteiger partial charge is 0.258 e. The number of nitrogens with one attached hydrogen (secondary N) is 1. The number of hydrogen-bond donors (Lipinski definition) is 2. The standard InChI is InChI=1S/C18H15N5O2/c24-8-7-23-10-15(17(22-23)12-3-5-19-6-4-12)13-1-2-16-14(9-13)18(25)21-11-20-16/h1-6,9-11,24H,7-8H2,(H,20,21,25). The average molecular weight is 333 g/mol. The van der Waals surface area contributed by atoms with Gasteiger partial charge in [0.15, 0.2) is 0 Å². The summed E-state index contributed by atoms with van der Waals surface area (Å²) in [5.41, 5.74) is 3.89. The second-order valence-corrected chi connectivity index (χ2v) is 5.58. The molecule has 0 saturated carbocycles. The third-order valence-corrected chi connectivity index (χ3v) is 4.00. The number of H-pyrrole nitrogens is 1. The lowest BCUT2D eigenvalue weighted by Gasteiger charge is -2.04. The molecule has 124 valence electrons. The Morgan fingerprint density at radius 2 is 1.96 bits per heavy atom. The van der Waals surface area contributed by atoms with Crippen LogP contribution in [0.4, 0.5) is 0 Å². The topological polar surface area (TPSA) is 96.7 Å². The second-order valence-electron chi connectivity index (χ2n) is 5.58. The van der Waals surface area contributed by atoms with Gasteiger partial charge >= 0.3 is 0 Å². The first-order valence-corrected chi connectivity index (χ1v) is 7.83. The fourth-order valence-corrected chi connectivity index (χ4v) is 2.81. The van der Waals surface area contributed by atoms with Crippen molar-refractivity contribution in [3.63, 3.8) is 0 Å². The molecule has 3 aromatic heterocycles. The monoisotopic (exact) mass is 333 g/mol. The lowest BCUT2D eigenvalue weighted by Crippen LogP contribution is -2.06. The van der Waals surface area contributed by atoms with E-state index in [9.17, 15) is 9.90 Å². The van der Waals surface area contributed by atoms with Crippen molar-refractivity contribution in [2.45, 2.75) is 6.54 Å². The highest BCUT2D eigenvalue weighted by molar-refractivity contribution is 5.87. The molecule has 0 saturated heterocycles. The van der Waals surface area contributed by atoms with E-state index in [-0.39, 0.29) is 12.2 Å². The quantitative estimate of drug-likeness (QED) is 0.594. The molecular formula is C18H15N5O2. The third-order valence-electron chi connectivity index (χ3n) is 4.00. The highest BCUT2D eigenvalue weighted by Crippen LogP contribution is 2.31. The normalized spacial score (nSPS) is 11.1. The predicted octanol–water partition coefficient (Wildman–Crippen LogP) is 1.84. The van der Waals surface area contributed by atoms with Gasteiger partial charge in [-0.3, -0.25) is 14.5 Å². The molecular weight excluding hydrogens is 318 g/mol. The van der Waals surface area contributed by atoms with Crippen molar-refractivity contribution in [2.24, 2.45) is 0 Å². The Balaban J connectivity index is 1.92. The minimum absolute atomic E-state index is 0.00177. The van der Waals surface area contributed by atoms with Gasteiger partial charge in [-0.2, -0.15) is 5.10 Å². The molecule has 7 nitrogen and oxygen atoms in total. The second kappa shape index (κ2) is 6.29. The van der Waals surface area contributed by atoms with Gasteiger partial charge in [0.25, 0.3) is 5.56 Å². The largest absolute Gasteiger partial charge is 0.394 e. The van der Waals surface area contributed by atoms with Gasteiger partial charge in [0.05, 0.1) is 30.4 Å². The van der Waals surface area contributed by atoms with E-state index in [1.54, 1.807) is 17.1 Å². The van der Waals surface area contributed by atoms with E-state index < -0.39 is 0 Å². The molecule has 0 atom stereocenters. The summed E-state index contributed by atoms with van der Waals surface area (Å²) in [6.07, 6.45) is 6.68. The van der Waals surface area contributed by atoms with Crippen molar-refractivity contribution >= 4 is 10.9 Å². The van der Waals surface area contributed by atoms with E-state index in [0.29, 0.717) is 17.4 Å². The first-order chi connectivity index (χ1) is 12.3. The Labute approximate surface area is 142 Å². The number of rotatable bonds is 4. The number of aromatic amines is 1. The molecule has 3 heterocycles. The number of fused-ring (bicyclic) bond motifs is 1. The molecule has 0 spiro atoms. The van der Waals surface area contributed by atoms with Crippen LogP contribution in [0.3, 0.4) is 0 Å². The van der Waals surface area contributed by atoms with Crippen LogP contribution in [-0.2, 0) is 6.54 Å². The van der Waals surface area contributed by atoms with Crippen LogP contribution in [0.2, 0.25) is 0 Å². The van der Waals surface area contributed by atoms with Crippen molar-refractivity contribution in [3.8, 4) is 22.4 Å². The summed E-state index contributed by atoms with van der Waals surface area (Å²) < 4.78 is 1.70. The average Bonchev–Trinajstić information content (AvgIpc) is 3.07. The number of pyridine rings is 1. The van der Waals surface area contributed by atoms with Crippen molar-refractivity contribution in [1.29, 1.82) is 0 Å². The molecule has 0 unspecified atom stereocenters. The Bertz CT molecular complexity index is 1090. The number of hydrogen-bond acceptors (Lipinski definition) is 5. The molecule has 0 aliphatic heterocycles. The van der Waals surface area contributed by atoms with Crippen molar-refractivity contribution in [2.75, 3.05) is 6.61 Å². The highest BCUT2D eigenvalue weighted by Gasteiger charge is 2.14. The maximum atomic E-state index is 12.1. The predicted molar refractivity (Wildman–Crippen MR) is 93.9 cm³/mol. The van der Waals surface area contributed by atoms with Gasteiger partial charge in [-0.15, -0.1) is 0 Å². The number of nitrogens with zero attached hydrogens (tertiary/aromatic N) is 4. The van der Waals surface area contributed by atoms with Crippen LogP contribution in [0.25, 0.3) is 33.3 Å². The van der Waals surface area contributed by atoms with Crippen LogP contribution in [-0.4, -0.2) is 36.4 Å². The molecule has 0 amide bonds. The Hall–Kier alpha value is -3.32. The summed E-state index contributed by atoms with van der Waals surface area (Å²) >= 11 is 0. The molecule has 0 fully saturated rings. The fraction of sp³-hybridized carbons (Fsp3) is 0.111. The molecule has 25 heavy (non-hydrogen) atoms. The van der Waals surface area contributed by atoms with Crippen LogP contribution in [0.15, 0.2) is 60.0 Å². The van der Waals surface area contributed by atoms with Gasteiger partial charge in [0.1, 0.15) is 5.69 Å². The molecule has 4 rings (SSSR count). The third kappa shape index (κ3) is 2.81. The van der Waals surface area contributed by atoms with Gasteiger partial charge in [-0.25, -0.2) is 4.98 Å². The summed E-state index contributed by atoms with van der Waals surface area (Å²) in [5.74, 6) is 0. The summed E-state index contributed by atoms with van der Waals surface area (Å²) in [7, 11) is 0. The van der Waals surface area contributed by atoms with E-state index in [0.717, 1.165) is 22.4 Å². The van der Waals surface area contributed by atoms with Crippen LogP contribution in [0, 0.1) is 0 Å². The number of aromatic nitrogens is 5.